The smallest absolute Gasteiger partial charge is 0.306 e. The Kier molecular flexibility index (Phi) is 11.9. The van der Waals surface area contributed by atoms with Crippen LogP contribution in [0.25, 0.3) is 0 Å². The van der Waals surface area contributed by atoms with E-state index in [-0.39, 0.29) is 24.6 Å². The van der Waals surface area contributed by atoms with E-state index in [0.717, 1.165) is 0 Å². The summed E-state index contributed by atoms with van der Waals surface area (Å²) in [6.07, 6.45) is 14.3. The lowest BCUT2D eigenvalue weighted by molar-refractivity contribution is -0.151. The van der Waals surface area contributed by atoms with E-state index in [9.17, 15) is 9.59 Å². The van der Waals surface area contributed by atoms with Gasteiger partial charge in [-0.05, 0) is 19.3 Å². The molecule has 116 valence electrons. The molecule has 0 fully saturated rings. The van der Waals surface area contributed by atoms with Crippen molar-refractivity contribution in [3.05, 3.63) is 0 Å². The van der Waals surface area contributed by atoms with Crippen molar-refractivity contribution >= 4 is 11.9 Å². The third-order valence-electron chi connectivity index (χ3n) is 2.86. The van der Waals surface area contributed by atoms with Gasteiger partial charge in [0.25, 0.3) is 0 Å². The number of carbonyl (C=O) groups is 2. The highest BCUT2D eigenvalue weighted by molar-refractivity contribution is 5.70. The molecule has 0 aromatic rings. The van der Waals surface area contributed by atoms with Crippen LogP contribution in [0.2, 0.25) is 0 Å². The van der Waals surface area contributed by atoms with Crippen molar-refractivity contribution in [1.82, 2.24) is 0 Å². The minimum Gasteiger partial charge on any atom is -0.466 e. The Balaban J connectivity index is 3.79. The summed E-state index contributed by atoms with van der Waals surface area (Å²) in [4.78, 5) is 22.9. The van der Waals surface area contributed by atoms with Gasteiger partial charge in [0.15, 0.2) is 0 Å². The highest BCUT2D eigenvalue weighted by atomic mass is 16.6. The quantitative estimate of drug-likeness (QED) is 0.334. The van der Waals surface area contributed by atoms with Gasteiger partial charge >= 0.3 is 11.9 Å². The fraction of sp³-hybridized carbons (Fsp3) is 0.647. The molecule has 0 aromatic heterocycles. The van der Waals surface area contributed by atoms with E-state index in [1.54, 1.807) is 0 Å². The zero-order valence-electron chi connectivity index (χ0n) is 12.7. The lowest BCUT2D eigenvalue weighted by Gasteiger charge is -2.16. The Labute approximate surface area is 127 Å². The molecule has 21 heavy (non-hydrogen) atoms. The van der Waals surface area contributed by atoms with Crippen molar-refractivity contribution in [1.29, 1.82) is 0 Å². The first kappa shape index (κ1) is 19.1. The summed E-state index contributed by atoms with van der Waals surface area (Å²) in [5, 5.41) is 0. The van der Waals surface area contributed by atoms with Gasteiger partial charge in [0, 0.05) is 32.1 Å². The number of carbonyl (C=O) groups excluding carboxylic acids is 2. The predicted molar refractivity (Wildman–Crippen MR) is 81.1 cm³/mol. The summed E-state index contributed by atoms with van der Waals surface area (Å²) in [5.41, 5.74) is 0. The van der Waals surface area contributed by atoms with Gasteiger partial charge in [-0.2, -0.15) is 0 Å². The molecule has 4 nitrogen and oxygen atoms in total. The first-order chi connectivity index (χ1) is 10.1. The second kappa shape index (κ2) is 13.1. The maximum absolute atomic E-state index is 11.5. The molecule has 0 aliphatic rings. The summed E-state index contributed by atoms with van der Waals surface area (Å²) in [6.45, 7) is 2.18. The van der Waals surface area contributed by atoms with Crippen molar-refractivity contribution in [3.63, 3.8) is 0 Å². The Morgan fingerprint density at radius 1 is 1.05 bits per heavy atom. The molecule has 0 radical (unpaired) electrons. The van der Waals surface area contributed by atoms with Crippen molar-refractivity contribution in [2.45, 2.75) is 64.4 Å². The van der Waals surface area contributed by atoms with Crippen LogP contribution in [0.3, 0.4) is 0 Å². The molecule has 0 aromatic carbocycles. The number of unbranched alkanes of at least 4 members (excludes halogenated alkanes) is 2. The third kappa shape index (κ3) is 11.6. The van der Waals surface area contributed by atoms with E-state index in [4.69, 9.17) is 22.3 Å². The maximum Gasteiger partial charge on any atom is 0.306 e. The summed E-state index contributed by atoms with van der Waals surface area (Å²) in [6, 6.07) is 0. The molecular formula is C17H24O4. The van der Waals surface area contributed by atoms with Gasteiger partial charge in [0.2, 0.25) is 0 Å². The van der Waals surface area contributed by atoms with Crippen LogP contribution in [0.1, 0.15) is 58.3 Å². The van der Waals surface area contributed by atoms with Gasteiger partial charge in [0.1, 0.15) is 6.10 Å². The van der Waals surface area contributed by atoms with E-state index < -0.39 is 0 Å². The van der Waals surface area contributed by atoms with Crippen LogP contribution in [0, 0.1) is 24.7 Å². The standard InChI is InChI=1S/C17H24O4/c1-4-7-9-11-16(18)20-14-13-15(6-3)21-17(19)12-10-8-5-2/h1-2,15H,6-14H2,3H3. The van der Waals surface area contributed by atoms with E-state index >= 15 is 0 Å². The van der Waals surface area contributed by atoms with Gasteiger partial charge < -0.3 is 9.47 Å². The van der Waals surface area contributed by atoms with E-state index in [1.165, 1.54) is 0 Å². The molecule has 0 bridgehead atoms. The molecule has 1 unspecified atom stereocenters. The summed E-state index contributed by atoms with van der Waals surface area (Å²) in [7, 11) is 0. The highest BCUT2D eigenvalue weighted by Gasteiger charge is 2.13. The van der Waals surface area contributed by atoms with Gasteiger partial charge in [-0.25, -0.2) is 0 Å². The Morgan fingerprint density at radius 2 is 1.62 bits per heavy atom. The maximum atomic E-state index is 11.5. The molecule has 0 saturated carbocycles. The van der Waals surface area contributed by atoms with Gasteiger partial charge in [-0.15, -0.1) is 24.7 Å². The zero-order chi connectivity index (χ0) is 15.9. The van der Waals surface area contributed by atoms with Crippen molar-refractivity contribution < 1.29 is 19.1 Å². The molecule has 0 heterocycles. The van der Waals surface area contributed by atoms with Crippen LogP contribution >= 0.6 is 0 Å². The van der Waals surface area contributed by atoms with Crippen LogP contribution in [0.5, 0.6) is 0 Å². The van der Waals surface area contributed by atoms with Crippen LogP contribution in [0.15, 0.2) is 0 Å². The molecule has 0 amide bonds. The normalized spacial score (nSPS) is 11.0. The van der Waals surface area contributed by atoms with E-state index in [1.807, 2.05) is 6.92 Å². The lowest BCUT2D eigenvalue weighted by atomic mass is 10.2. The minimum atomic E-state index is -0.263. The van der Waals surface area contributed by atoms with Crippen molar-refractivity contribution in [2.24, 2.45) is 0 Å². The highest BCUT2D eigenvalue weighted by Crippen LogP contribution is 2.08. The fourth-order valence-electron chi connectivity index (χ4n) is 1.64. The third-order valence-corrected chi connectivity index (χ3v) is 2.86. The number of esters is 2. The van der Waals surface area contributed by atoms with Crippen LogP contribution in [0.4, 0.5) is 0 Å². The monoisotopic (exact) mass is 292 g/mol. The second-order valence-corrected chi connectivity index (χ2v) is 4.64. The van der Waals surface area contributed by atoms with Crippen molar-refractivity contribution in [2.75, 3.05) is 6.61 Å². The molecule has 0 spiro atoms. The summed E-state index contributed by atoms with van der Waals surface area (Å²) >= 11 is 0. The Morgan fingerprint density at radius 3 is 2.14 bits per heavy atom. The average molecular weight is 292 g/mol. The topological polar surface area (TPSA) is 52.6 Å². The van der Waals surface area contributed by atoms with Crippen LogP contribution in [-0.2, 0) is 19.1 Å². The second-order valence-electron chi connectivity index (χ2n) is 4.64. The Hall–Kier alpha value is -1.94. The number of rotatable bonds is 11. The number of hydrogen-bond donors (Lipinski definition) is 0. The first-order valence-electron chi connectivity index (χ1n) is 7.36. The zero-order valence-corrected chi connectivity index (χ0v) is 12.7. The molecule has 4 heteroatoms. The largest absolute Gasteiger partial charge is 0.466 e. The molecule has 0 saturated heterocycles. The molecule has 0 N–H and O–H groups in total. The first-order valence-corrected chi connectivity index (χ1v) is 7.36. The number of hydrogen-bond acceptors (Lipinski definition) is 4. The predicted octanol–water partition coefficient (Wildman–Crippen LogP) is 2.85. The minimum absolute atomic E-state index is 0.221. The van der Waals surface area contributed by atoms with E-state index in [2.05, 4.69) is 11.8 Å². The van der Waals surface area contributed by atoms with Gasteiger partial charge in [-0.3, -0.25) is 9.59 Å². The van der Waals surface area contributed by atoms with Crippen molar-refractivity contribution in [3.8, 4) is 24.7 Å². The van der Waals surface area contributed by atoms with Crippen LogP contribution in [-0.4, -0.2) is 24.6 Å². The number of terminal acetylenes is 2. The average Bonchev–Trinajstić information content (AvgIpc) is 2.46. The summed E-state index contributed by atoms with van der Waals surface area (Å²) < 4.78 is 10.4. The van der Waals surface area contributed by atoms with Gasteiger partial charge in [-0.1, -0.05) is 6.92 Å². The lowest BCUT2D eigenvalue weighted by Crippen LogP contribution is -2.20. The molecule has 0 aliphatic carbocycles. The SMILES string of the molecule is C#CCCCC(=O)OCCC(CC)OC(=O)CCCC#C. The summed E-state index contributed by atoms with van der Waals surface area (Å²) in [5.74, 6) is 4.44. The van der Waals surface area contributed by atoms with Crippen LogP contribution < -0.4 is 0 Å². The molecular weight excluding hydrogens is 268 g/mol. The molecule has 0 aliphatic heterocycles. The molecule has 1 atom stereocenters. The Bertz CT molecular complexity index is 387. The fourth-order valence-corrected chi connectivity index (χ4v) is 1.64. The number of ether oxygens (including phenoxy) is 2. The van der Waals surface area contributed by atoms with Gasteiger partial charge in [0.05, 0.1) is 6.61 Å². The molecule has 0 rings (SSSR count). The van der Waals surface area contributed by atoms with E-state index in [0.29, 0.717) is 51.4 Å².